The molecule has 0 aliphatic carbocycles. The van der Waals surface area contributed by atoms with Crippen molar-refractivity contribution in [2.45, 2.75) is 13.1 Å². The van der Waals surface area contributed by atoms with Crippen molar-refractivity contribution in [1.82, 2.24) is 4.90 Å². The Kier molecular flexibility index (Phi) is 5.29. The number of likely N-dealkylation sites (N-methyl/N-ethyl adjacent to an activating group) is 1. The molecule has 14 heavy (non-hydrogen) atoms. The fraction of sp³-hybridized carbons (Fsp3) is 0.857. The molecular formula is C7H12F3NO3. The highest BCUT2D eigenvalue weighted by Crippen LogP contribution is 2.14. The largest absolute Gasteiger partial charge is 0.440 e. The van der Waals surface area contributed by atoms with E-state index in [1.54, 1.807) is 6.92 Å². The van der Waals surface area contributed by atoms with Gasteiger partial charge in [-0.1, -0.05) is 0 Å². The third kappa shape index (κ3) is 5.63. The maximum absolute atomic E-state index is 11.6. The van der Waals surface area contributed by atoms with Crippen LogP contribution < -0.4 is 0 Å². The molecule has 0 aliphatic heterocycles. The third-order valence-electron chi connectivity index (χ3n) is 1.37. The Morgan fingerprint density at radius 2 is 2.07 bits per heavy atom. The second-order valence-corrected chi connectivity index (χ2v) is 2.47. The Hall–Kier alpha value is -0.980. The van der Waals surface area contributed by atoms with Crippen molar-refractivity contribution in [2.75, 3.05) is 26.3 Å². The summed E-state index contributed by atoms with van der Waals surface area (Å²) in [6.45, 7) is -0.183. The van der Waals surface area contributed by atoms with Gasteiger partial charge in [0.25, 0.3) is 0 Å². The molecule has 0 fully saturated rings. The SMILES string of the molecule is CCN(CCO)C(=O)OCC(F)(F)F. The number of halogens is 3. The summed E-state index contributed by atoms with van der Waals surface area (Å²) in [4.78, 5) is 11.9. The van der Waals surface area contributed by atoms with Crippen LogP contribution in [0.25, 0.3) is 0 Å². The summed E-state index contributed by atoms with van der Waals surface area (Å²) in [7, 11) is 0. The van der Waals surface area contributed by atoms with Gasteiger partial charge in [-0.2, -0.15) is 13.2 Å². The van der Waals surface area contributed by atoms with Crippen LogP contribution in [0, 0.1) is 0 Å². The zero-order chi connectivity index (χ0) is 11.2. The lowest BCUT2D eigenvalue weighted by molar-refractivity contribution is -0.162. The molecule has 0 aromatic heterocycles. The van der Waals surface area contributed by atoms with Crippen LogP contribution in [0.2, 0.25) is 0 Å². The van der Waals surface area contributed by atoms with Gasteiger partial charge in [0.1, 0.15) is 0 Å². The maximum atomic E-state index is 11.6. The van der Waals surface area contributed by atoms with E-state index in [9.17, 15) is 18.0 Å². The molecule has 0 rings (SSSR count). The van der Waals surface area contributed by atoms with Gasteiger partial charge in [-0.05, 0) is 6.92 Å². The molecule has 0 saturated carbocycles. The molecule has 0 saturated heterocycles. The third-order valence-corrected chi connectivity index (χ3v) is 1.37. The normalized spacial score (nSPS) is 11.2. The number of alkyl halides is 3. The van der Waals surface area contributed by atoms with E-state index in [0.29, 0.717) is 0 Å². The van der Waals surface area contributed by atoms with Crippen molar-refractivity contribution in [1.29, 1.82) is 0 Å². The molecule has 4 nitrogen and oxygen atoms in total. The zero-order valence-electron chi connectivity index (χ0n) is 7.67. The molecule has 0 bridgehead atoms. The van der Waals surface area contributed by atoms with Crippen molar-refractivity contribution in [3.8, 4) is 0 Å². The molecule has 1 amide bonds. The summed E-state index contributed by atoms with van der Waals surface area (Å²) in [5.74, 6) is 0. The van der Waals surface area contributed by atoms with Crippen molar-refractivity contribution in [3.63, 3.8) is 0 Å². The fourth-order valence-electron chi connectivity index (χ4n) is 0.734. The van der Waals surface area contributed by atoms with Crippen molar-refractivity contribution >= 4 is 6.09 Å². The van der Waals surface area contributed by atoms with Gasteiger partial charge in [0, 0.05) is 13.1 Å². The van der Waals surface area contributed by atoms with Gasteiger partial charge in [0.15, 0.2) is 6.61 Å². The average molecular weight is 215 g/mol. The number of carbonyl (C=O) groups is 1. The lowest BCUT2D eigenvalue weighted by Crippen LogP contribution is -2.35. The summed E-state index contributed by atoms with van der Waals surface area (Å²) in [6.07, 6.45) is -5.59. The van der Waals surface area contributed by atoms with E-state index in [2.05, 4.69) is 4.74 Å². The number of nitrogens with zero attached hydrogens (tertiary/aromatic N) is 1. The number of amides is 1. The zero-order valence-corrected chi connectivity index (χ0v) is 7.67. The smallest absolute Gasteiger partial charge is 0.422 e. The minimum Gasteiger partial charge on any atom is -0.440 e. The van der Waals surface area contributed by atoms with Crippen molar-refractivity contribution in [2.24, 2.45) is 0 Å². The van der Waals surface area contributed by atoms with Crippen LogP contribution in [0.1, 0.15) is 6.92 Å². The number of hydrogen-bond donors (Lipinski definition) is 1. The quantitative estimate of drug-likeness (QED) is 0.761. The van der Waals surface area contributed by atoms with Gasteiger partial charge in [-0.25, -0.2) is 4.79 Å². The Balaban J connectivity index is 3.93. The molecular weight excluding hydrogens is 203 g/mol. The molecule has 84 valence electrons. The Morgan fingerprint density at radius 1 is 1.50 bits per heavy atom. The second kappa shape index (κ2) is 5.69. The topological polar surface area (TPSA) is 49.8 Å². The van der Waals surface area contributed by atoms with Gasteiger partial charge in [0.05, 0.1) is 6.61 Å². The minimum atomic E-state index is -4.52. The van der Waals surface area contributed by atoms with Crippen LogP contribution in [0.5, 0.6) is 0 Å². The summed E-state index contributed by atoms with van der Waals surface area (Å²) in [5.41, 5.74) is 0. The van der Waals surface area contributed by atoms with Crippen LogP contribution in [-0.4, -0.2) is 48.6 Å². The first-order valence-electron chi connectivity index (χ1n) is 4.00. The lowest BCUT2D eigenvalue weighted by Gasteiger charge is -2.19. The van der Waals surface area contributed by atoms with E-state index in [-0.39, 0.29) is 19.7 Å². The minimum absolute atomic E-state index is 0.0345. The van der Waals surface area contributed by atoms with E-state index in [1.165, 1.54) is 0 Å². The highest BCUT2D eigenvalue weighted by Gasteiger charge is 2.30. The Morgan fingerprint density at radius 3 is 2.43 bits per heavy atom. The van der Waals surface area contributed by atoms with Gasteiger partial charge < -0.3 is 14.7 Å². The fourth-order valence-corrected chi connectivity index (χ4v) is 0.734. The van der Waals surface area contributed by atoms with Gasteiger partial charge in [-0.15, -0.1) is 0 Å². The highest BCUT2D eigenvalue weighted by atomic mass is 19.4. The predicted octanol–water partition coefficient (Wildman–Crippen LogP) is 0.999. The summed E-state index contributed by atoms with van der Waals surface area (Å²) in [5, 5.41) is 8.47. The number of rotatable bonds is 4. The van der Waals surface area contributed by atoms with Gasteiger partial charge in [0.2, 0.25) is 0 Å². The van der Waals surface area contributed by atoms with E-state index in [4.69, 9.17) is 5.11 Å². The van der Waals surface area contributed by atoms with Crippen molar-refractivity contribution < 1.29 is 27.8 Å². The first-order chi connectivity index (χ1) is 6.40. The number of ether oxygens (including phenoxy) is 1. The summed E-state index contributed by atoms with van der Waals surface area (Å²) < 4.78 is 38.8. The van der Waals surface area contributed by atoms with Crippen LogP contribution in [-0.2, 0) is 4.74 Å². The lowest BCUT2D eigenvalue weighted by atomic mass is 10.5. The van der Waals surface area contributed by atoms with Crippen LogP contribution in [0.3, 0.4) is 0 Å². The number of aliphatic hydroxyl groups is 1. The molecule has 7 heteroatoms. The number of hydrogen-bond acceptors (Lipinski definition) is 3. The molecule has 0 radical (unpaired) electrons. The first-order valence-corrected chi connectivity index (χ1v) is 4.00. The average Bonchev–Trinajstić information content (AvgIpc) is 2.09. The van der Waals surface area contributed by atoms with E-state index in [1.807, 2.05) is 0 Å². The molecule has 0 heterocycles. The van der Waals surface area contributed by atoms with Crippen LogP contribution >= 0.6 is 0 Å². The number of aliphatic hydroxyl groups excluding tert-OH is 1. The molecule has 0 aromatic rings. The molecule has 1 N–H and O–H groups in total. The van der Waals surface area contributed by atoms with Gasteiger partial charge >= 0.3 is 12.3 Å². The molecule has 0 aromatic carbocycles. The summed E-state index contributed by atoms with van der Waals surface area (Å²) >= 11 is 0. The monoisotopic (exact) mass is 215 g/mol. The molecule has 0 unspecified atom stereocenters. The predicted molar refractivity (Wildman–Crippen MR) is 41.7 cm³/mol. The Bertz CT molecular complexity index is 184. The van der Waals surface area contributed by atoms with E-state index >= 15 is 0 Å². The standard InChI is InChI=1S/C7H12F3NO3/c1-2-11(3-4-12)6(13)14-5-7(8,9)10/h12H,2-5H2,1H3. The summed E-state index contributed by atoms with van der Waals surface area (Å²) in [6, 6.07) is 0. The van der Waals surface area contributed by atoms with Gasteiger partial charge in [-0.3, -0.25) is 0 Å². The van der Waals surface area contributed by atoms with E-state index < -0.39 is 18.9 Å². The van der Waals surface area contributed by atoms with E-state index in [0.717, 1.165) is 4.90 Å². The van der Waals surface area contributed by atoms with Crippen LogP contribution in [0.4, 0.5) is 18.0 Å². The molecule has 0 spiro atoms. The van der Waals surface area contributed by atoms with Crippen molar-refractivity contribution in [3.05, 3.63) is 0 Å². The second-order valence-electron chi connectivity index (χ2n) is 2.47. The molecule has 0 aliphatic rings. The van der Waals surface area contributed by atoms with Crippen LogP contribution in [0.15, 0.2) is 0 Å². The molecule has 0 atom stereocenters. The highest BCUT2D eigenvalue weighted by molar-refractivity contribution is 5.67. The number of carbonyl (C=O) groups excluding carboxylic acids is 1. The maximum Gasteiger partial charge on any atom is 0.422 e. The first kappa shape index (κ1) is 13.0. The Labute approximate surface area is 79.3 Å².